The maximum Gasteiger partial charge on any atom is 0.123 e. The fourth-order valence-corrected chi connectivity index (χ4v) is 2.08. The minimum atomic E-state index is -0.149. The Kier molecular flexibility index (Phi) is 3.91. The molecule has 2 rings (SSSR count). The van der Waals surface area contributed by atoms with Gasteiger partial charge in [0, 0.05) is 25.8 Å². The van der Waals surface area contributed by atoms with Crippen molar-refractivity contribution in [2.45, 2.75) is 32.4 Å². The van der Waals surface area contributed by atoms with E-state index in [1.807, 2.05) is 13.0 Å². The molecule has 1 aliphatic heterocycles. The van der Waals surface area contributed by atoms with Gasteiger partial charge in [0.15, 0.2) is 0 Å². The highest BCUT2D eigenvalue weighted by Gasteiger charge is 2.12. The van der Waals surface area contributed by atoms with E-state index >= 15 is 0 Å². The zero-order chi connectivity index (χ0) is 11.4. The number of ether oxygens (including phenoxy) is 1. The quantitative estimate of drug-likeness (QED) is 0.849. The molecule has 0 aliphatic carbocycles. The van der Waals surface area contributed by atoms with Crippen LogP contribution in [0.5, 0.6) is 0 Å². The zero-order valence-electron chi connectivity index (χ0n) is 9.63. The third-order valence-corrected chi connectivity index (χ3v) is 2.92. The van der Waals surface area contributed by atoms with Crippen LogP contribution in [0.1, 0.15) is 24.0 Å². The van der Waals surface area contributed by atoms with E-state index in [4.69, 9.17) is 4.74 Å². The van der Waals surface area contributed by atoms with E-state index < -0.39 is 0 Å². The summed E-state index contributed by atoms with van der Waals surface area (Å²) in [6, 6.07) is 5.68. The topological polar surface area (TPSA) is 21.3 Å². The molecule has 1 N–H and O–H groups in total. The van der Waals surface area contributed by atoms with E-state index in [0.717, 1.165) is 43.7 Å². The second-order valence-corrected chi connectivity index (χ2v) is 4.40. The van der Waals surface area contributed by atoms with Crippen molar-refractivity contribution in [3.63, 3.8) is 0 Å². The molecule has 0 spiro atoms. The first-order valence-corrected chi connectivity index (χ1v) is 5.81. The van der Waals surface area contributed by atoms with Crippen LogP contribution in [0.4, 0.5) is 4.39 Å². The van der Waals surface area contributed by atoms with Crippen LogP contribution in [-0.2, 0) is 11.3 Å². The van der Waals surface area contributed by atoms with Gasteiger partial charge in [0.25, 0.3) is 0 Å². The molecule has 1 aromatic carbocycles. The van der Waals surface area contributed by atoms with Crippen molar-refractivity contribution in [2.24, 2.45) is 0 Å². The van der Waals surface area contributed by atoms with Gasteiger partial charge in [-0.25, -0.2) is 4.39 Å². The largest absolute Gasteiger partial charge is 0.381 e. The lowest BCUT2D eigenvalue weighted by Crippen LogP contribution is -2.34. The molecule has 2 nitrogen and oxygen atoms in total. The van der Waals surface area contributed by atoms with Gasteiger partial charge in [0.2, 0.25) is 0 Å². The molecule has 1 fully saturated rings. The third kappa shape index (κ3) is 3.29. The SMILES string of the molecule is Cc1cc(F)cc(CNC2CCOCC2)c1. The molecule has 3 heteroatoms. The molecule has 1 aromatic rings. The second kappa shape index (κ2) is 5.41. The van der Waals surface area contributed by atoms with Crippen molar-refractivity contribution >= 4 is 0 Å². The van der Waals surface area contributed by atoms with Gasteiger partial charge in [-0.1, -0.05) is 6.07 Å². The summed E-state index contributed by atoms with van der Waals surface area (Å²) in [7, 11) is 0. The fraction of sp³-hybridized carbons (Fsp3) is 0.538. The maximum atomic E-state index is 13.1. The molecule has 1 heterocycles. The van der Waals surface area contributed by atoms with Crippen LogP contribution in [0.2, 0.25) is 0 Å². The lowest BCUT2D eigenvalue weighted by molar-refractivity contribution is 0.0776. The Labute approximate surface area is 95.8 Å². The smallest absolute Gasteiger partial charge is 0.123 e. The van der Waals surface area contributed by atoms with Crippen LogP contribution in [0, 0.1) is 12.7 Å². The summed E-state index contributed by atoms with van der Waals surface area (Å²) in [6.07, 6.45) is 2.10. The molecule has 0 aromatic heterocycles. The Morgan fingerprint density at radius 3 is 2.75 bits per heavy atom. The minimum absolute atomic E-state index is 0.149. The van der Waals surface area contributed by atoms with E-state index in [-0.39, 0.29) is 5.82 Å². The highest BCUT2D eigenvalue weighted by molar-refractivity contribution is 5.23. The van der Waals surface area contributed by atoms with Gasteiger partial charge in [-0.2, -0.15) is 0 Å². The lowest BCUT2D eigenvalue weighted by Gasteiger charge is -2.23. The molecule has 1 aliphatic rings. The van der Waals surface area contributed by atoms with Crippen LogP contribution in [-0.4, -0.2) is 19.3 Å². The molecular weight excluding hydrogens is 205 g/mol. The fourth-order valence-electron chi connectivity index (χ4n) is 2.08. The van der Waals surface area contributed by atoms with Crippen LogP contribution in [0.25, 0.3) is 0 Å². The average molecular weight is 223 g/mol. The van der Waals surface area contributed by atoms with Gasteiger partial charge in [-0.05, 0) is 43.0 Å². The Morgan fingerprint density at radius 1 is 1.31 bits per heavy atom. The number of halogens is 1. The third-order valence-electron chi connectivity index (χ3n) is 2.92. The van der Waals surface area contributed by atoms with E-state index in [1.54, 1.807) is 12.1 Å². The lowest BCUT2D eigenvalue weighted by atomic mass is 10.1. The van der Waals surface area contributed by atoms with E-state index in [1.165, 1.54) is 0 Å². The molecular formula is C13H18FNO. The standard InChI is InChI=1S/C13H18FNO/c1-10-6-11(8-12(14)7-10)9-15-13-2-4-16-5-3-13/h6-8,13,15H,2-5,9H2,1H3. The van der Waals surface area contributed by atoms with Crippen LogP contribution < -0.4 is 5.32 Å². The number of nitrogens with one attached hydrogen (secondary N) is 1. The minimum Gasteiger partial charge on any atom is -0.381 e. The molecule has 1 saturated heterocycles. The molecule has 0 bridgehead atoms. The van der Waals surface area contributed by atoms with Gasteiger partial charge in [-0.3, -0.25) is 0 Å². The van der Waals surface area contributed by atoms with Crippen molar-refractivity contribution in [1.29, 1.82) is 0 Å². The van der Waals surface area contributed by atoms with Crippen molar-refractivity contribution in [3.05, 3.63) is 35.1 Å². The van der Waals surface area contributed by atoms with Gasteiger partial charge in [0.1, 0.15) is 5.82 Å². The summed E-state index contributed by atoms with van der Waals surface area (Å²) in [5.74, 6) is -0.149. The van der Waals surface area contributed by atoms with E-state index in [0.29, 0.717) is 6.04 Å². The van der Waals surface area contributed by atoms with E-state index in [2.05, 4.69) is 5.32 Å². The molecule has 0 atom stereocenters. The molecule has 0 saturated carbocycles. The maximum absolute atomic E-state index is 13.1. The molecule has 0 amide bonds. The molecule has 88 valence electrons. The molecule has 16 heavy (non-hydrogen) atoms. The predicted octanol–water partition coefficient (Wildman–Crippen LogP) is 2.40. The van der Waals surface area contributed by atoms with Gasteiger partial charge >= 0.3 is 0 Å². The van der Waals surface area contributed by atoms with Gasteiger partial charge < -0.3 is 10.1 Å². The summed E-state index contributed by atoms with van der Waals surface area (Å²) in [5, 5.41) is 3.45. The number of hydrogen-bond donors (Lipinski definition) is 1. The van der Waals surface area contributed by atoms with Crippen molar-refractivity contribution in [2.75, 3.05) is 13.2 Å². The Hall–Kier alpha value is -0.930. The number of aryl methyl sites for hydroxylation is 1. The first kappa shape index (κ1) is 11.6. The Morgan fingerprint density at radius 2 is 2.06 bits per heavy atom. The number of rotatable bonds is 3. The number of hydrogen-bond acceptors (Lipinski definition) is 2. The van der Waals surface area contributed by atoms with E-state index in [9.17, 15) is 4.39 Å². The van der Waals surface area contributed by atoms with Crippen LogP contribution >= 0.6 is 0 Å². The number of benzene rings is 1. The van der Waals surface area contributed by atoms with Gasteiger partial charge in [0.05, 0.1) is 0 Å². The molecule has 0 unspecified atom stereocenters. The summed E-state index contributed by atoms with van der Waals surface area (Å²) in [6.45, 7) is 4.32. The summed E-state index contributed by atoms with van der Waals surface area (Å²) >= 11 is 0. The van der Waals surface area contributed by atoms with Crippen molar-refractivity contribution in [3.8, 4) is 0 Å². The Bertz CT molecular complexity index is 328. The first-order chi connectivity index (χ1) is 7.74. The molecule has 0 radical (unpaired) electrons. The van der Waals surface area contributed by atoms with Gasteiger partial charge in [-0.15, -0.1) is 0 Å². The average Bonchev–Trinajstić information content (AvgIpc) is 2.27. The van der Waals surface area contributed by atoms with Crippen molar-refractivity contribution in [1.82, 2.24) is 5.32 Å². The summed E-state index contributed by atoms with van der Waals surface area (Å²) in [5.41, 5.74) is 1.99. The highest BCUT2D eigenvalue weighted by atomic mass is 19.1. The van der Waals surface area contributed by atoms with Crippen LogP contribution in [0.15, 0.2) is 18.2 Å². The first-order valence-electron chi connectivity index (χ1n) is 5.81. The summed E-state index contributed by atoms with van der Waals surface area (Å²) in [4.78, 5) is 0. The normalized spacial score (nSPS) is 17.6. The summed E-state index contributed by atoms with van der Waals surface area (Å²) < 4.78 is 18.4. The zero-order valence-corrected chi connectivity index (χ0v) is 9.63. The van der Waals surface area contributed by atoms with Crippen LogP contribution in [0.3, 0.4) is 0 Å². The predicted molar refractivity (Wildman–Crippen MR) is 61.8 cm³/mol. The monoisotopic (exact) mass is 223 g/mol. The Balaban J connectivity index is 1.88. The highest BCUT2D eigenvalue weighted by Crippen LogP contribution is 2.10. The van der Waals surface area contributed by atoms with Crippen molar-refractivity contribution < 1.29 is 9.13 Å². The second-order valence-electron chi connectivity index (χ2n) is 4.40.